The Balaban J connectivity index is 2.21. The molecule has 0 aliphatic carbocycles. The molecule has 0 spiro atoms. The van der Waals surface area contributed by atoms with E-state index in [1.165, 1.54) is 0 Å². The zero-order chi connectivity index (χ0) is 12.5. The van der Waals surface area contributed by atoms with Crippen molar-refractivity contribution < 1.29 is 18.7 Å². The third-order valence-electron chi connectivity index (χ3n) is 2.67. The highest BCUT2D eigenvalue weighted by Gasteiger charge is 2.24. The summed E-state index contributed by atoms with van der Waals surface area (Å²) in [5.74, 6) is 2.67. The quantitative estimate of drug-likeness (QED) is 0.871. The first-order chi connectivity index (χ1) is 8.79. The SMILES string of the molecule is COc1ccc2c(c1-c1cc(N)no1)OCCO2. The Morgan fingerprint density at radius 3 is 2.83 bits per heavy atom. The van der Waals surface area contributed by atoms with E-state index in [0.717, 1.165) is 0 Å². The van der Waals surface area contributed by atoms with Crippen LogP contribution in [0.15, 0.2) is 22.7 Å². The number of nitrogens with two attached hydrogens (primary N) is 1. The Morgan fingerprint density at radius 2 is 2.11 bits per heavy atom. The van der Waals surface area contributed by atoms with Crippen molar-refractivity contribution >= 4 is 5.82 Å². The molecule has 0 bridgehead atoms. The minimum Gasteiger partial charge on any atom is -0.496 e. The number of fused-ring (bicyclic) bond motifs is 1. The summed E-state index contributed by atoms with van der Waals surface area (Å²) in [4.78, 5) is 0. The number of benzene rings is 1. The maximum Gasteiger partial charge on any atom is 0.176 e. The van der Waals surface area contributed by atoms with E-state index in [0.29, 0.717) is 47.6 Å². The fourth-order valence-corrected chi connectivity index (χ4v) is 1.91. The Bertz CT molecular complexity index is 579. The summed E-state index contributed by atoms with van der Waals surface area (Å²) >= 11 is 0. The number of rotatable bonds is 2. The van der Waals surface area contributed by atoms with E-state index in [4.69, 9.17) is 24.5 Å². The van der Waals surface area contributed by atoms with Gasteiger partial charge in [0.25, 0.3) is 0 Å². The van der Waals surface area contributed by atoms with Gasteiger partial charge in [-0.1, -0.05) is 5.16 Å². The smallest absolute Gasteiger partial charge is 0.176 e. The topological polar surface area (TPSA) is 79.7 Å². The van der Waals surface area contributed by atoms with Crippen molar-refractivity contribution in [3.8, 4) is 28.6 Å². The van der Waals surface area contributed by atoms with Crippen LogP contribution in [0.1, 0.15) is 0 Å². The first-order valence-electron chi connectivity index (χ1n) is 5.48. The second-order valence-electron chi connectivity index (χ2n) is 3.78. The maximum atomic E-state index is 5.63. The third-order valence-corrected chi connectivity index (χ3v) is 2.67. The van der Waals surface area contributed by atoms with Crippen LogP contribution in [0, 0.1) is 0 Å². The van der Waals surface area contributed by atoms with Crippen molar-refractivity contribution in [3.05, 3.63) is 18.2 Å². The molecule has 2 aromatic rings. The molecule has 6 nitrogen and oxygen atoms in total. The zero-order valence-electron chi connectivity index (χ0n) is 9.80. The van der Waals surface area contributed by atoms with Crippen LogP contribution in [0.4, 0.5) is 5.82 Å². The Kier molecular flexibility index (Phi) is 2.47. The second-order valence-corrected chi connectivity index (χ2v) is 3.78. The molecular weight excluding hydrogens is 236 g/mol. The average Bonchev–Trinajstić information content (AvgIpc) is 2.83. The molecule has 0 unspecified atom stereocenters. The van der Waals surface area contributed by atoms with E-state index in [1.807, 2.05) is 0 Å². The molecular formula is C12H12N2O4. The van der Waals surface area contributed by atoms with E-state index >= 15 is 0 Å². The van der Waals surface area contributed by atoms with Crippen molar-refractivity contribution in [3.63, 3.8) is 0 Å². The lowest BCUT2D eigenvalue weighted by Crippen LogP contribution is -2.16. The molecule has 94 valence electrons. The van der Waals surface area contributed by atoms with Gasteiger partial charge < -0.3 is 24.5 Å². The highest BCUT2D eigenvalue weighted by molar-refractivity contribution is 5.77. The number of hydrogen-bond acceptors (Lipinski definition) is 6. The summed E-state index contributed by atoms with van der Waals surface area (Å²) < 4.78 is 21.6. The summed E-state index contributed by atoms with van der Waals surface area (Å²) in [7, 11) is 1.58. The van der Waals surface area contributed by atoms with Gasteiger partial charge in [0.05, 0.1) is 7.11 Å². The molecule has 2 heterocycles. The van der Waals surface area contributed by atoms with Crippen LogP contribution in [0.3, 0.4) is 0 Å². The fraction of sp³-hybridized carbons (Fsp3) is 0.250. The Morgan fingerprint density at radius 1 is 1.28 bits per heavy atom. The first-order valence-corrected chi connectivity index (χ1v) is 5.48. The Hall–Kier alpha value is -2.37. The molecule has 3 rings (SSSR count). The van der Waals surface area contributed by atoms with Gasteiger partial charge in [-0.15, -0.1) is 0 Å². The molecule has 0 amide bonds. The second kappa shape index (κ2) is 4.14. The van der Waals surface area contributed by atoms with Crippen molar-refractivity contribution in [2.45, 2.75) is 0 Å². The molecule has 1 aliphatic heterocycles. The van der Waals surface area contributed by atoms with Gasteiger partial charge in [-0.05, 0) is 12.1 Å². The average molecular weight is 248 g/mol. The number of nitrogen functional groups attached to an aromatic ring is 1. The molecule has 0 saturated carbocycles. The lowest BCUT2D eigenvalue weighted by atomic mass is 10.1. The summed E-state index contributed by atoms with van der Waals surface area (Å²) in [6, 6.07) is 5.22. The number of methoxy groups -OCH3 is 1. The molecule has 0 atom stereocenters. The zero-order valence-corrected chi connectivity index (χ0v) is 9.80. The van der Waals surface area contributed by atoms with Crippen LogP contribution < -0.4 is 19.9 Å². The van der Waals surface area contributed by atoms with E-state index in [2.05, 4.69) is 5.16 Å². The Labute approximate surface area is 103 Å². The van der Waals surface area contributed by atoms with Crippen LogP contribution >= 0.6 is 0 Å². The van der Waals surface area contributed by atoms with Gasteiger partial charge >= 0.3 is 0 Å². The van der Waals surface area contributed by atoms with Crippen molar-refractivity contribution in [2.75, 3.05) is 26.1 Å². The number of nitrogens with zero attached hydrogens (tertiary/aromatic N) is 1. The van der Waals surface area contributed by atoms with Crippen LogP contribution in [-0.4, -0.2) is 25.5 Å². The predicted molar refractivity (Wildman–Crippen MR) is 63.9 cm³/mol. The molecule has 18 heavy (non-hydrogen) atoms. The lowest BCUT2D eigenvalue weighted by Gasteiger charge is -2.21. The minimum absolute atomic E-state index is 0.307. The van der Waals surface area contributed by atoms with Gasteiger partial charge in [-0.25, -0.2) is 0 Å². The monoisotopic (exact) mass is 248 g/mol. The van der Waals surface area contributed by atoms with Crippen molar-refractivity contribution in [1.29, 1.82) is 0 Å². The van der Waals surface area contributed by atoms with Crippen molar-refractivity contribution in [2.24, 2.45) is 0 Å². The molecule has 1 aromatic carbocycles. The van der Waals surface area contributed by atoms with Crippen LogP contribution in [0.2, 0.25) is 0 Å². The van der Waals surface area contributed by atoms with E-state index in [1.54, 1.807) is 25.3 Å². The number of ether oxygens (including phenoxy) is 3. The van der Waals surface area contributed by atoms with Gasteiger partial charge in [-0.3, -0.25) is 0 Å². The van der Waals surface area contributed by atoms with Gasteiger partial charge in [0, 0.05) is 6.07 Å². The van der Waals surface area contributed by atoms with E-state index in [9.17, 15) is 0 Å². The molecule has 0 saturated heterocycles. The number of hydrogen-bond donors (Lipinski definition) is 1. The summed E-state index contributed by atoms with van der Waals surface area (Å²) in [6.45, 7) is 1.01. The van der Waals surface area contributed by atoms with Crippen LogP contribution in [-0.2, 0) is 0 Å². The highest BCUT2D eigenvalue weighted by Crippen LogP contribution is 2.46. The molecule has 1 aromatic heterocycles. The van der Waals surface area contributed by atoms with Crippen molar-refractivity contribution in [1.82, 2.24) is 5.16 Å². The van der Waals surface area contributed by atoms with Gasteiger partial charge in [0.15, 0.2) is 23.1 Å². The minimum atomic E-state index is 0.307. The van der Waals surface area contributed by atoms with Crippen LogP contribution in [0.5, 0.6) is 17.2 Å². The maximum absolute atomic E-state index is 5.63. The molecule has 0 radical (unpaired) electrons. The summed E-state index contributed by atoms with van der Waals surface area (Å²) in [6.07, 6.45) is 0. The third kappa shape index (κ3) is 1.62. The normalized spacial score (nSPS) is 13.4. The van der Waals surface area contributed by atoms with Gasteiger partial charge in [-0.2, -0.15) is 0 Å². The lowest BCUT2D eigenvalue weighted by molar-refractivity contribution is 0.171. The number of anilines is 1. The van der Waals surface area contributed by atoms with E-state index < -0.39 is 0 Å². The largest absolute Gasteiger partial charge is 0.496 e. The summed E-state index contributed by atoms with van der Waals surface area (Å²) in [5.41, 5.74) is 6.23. The molecule has 1 aliphatic rings. The standard InChI is InChI=1S/C12H12N2O4/c1-15-7-2-3-8-12(17-5-4-16-8)11(7)9-6-10(13)14-18-9/h2-3,6H,4-5H2,1H3,(H2,13,14). The number of aromatic nitrogens is 1. The fourth-order valence-electron chi connectivity index (χ4n) is 1.91. The van der Waals surface area contributed by atoms with Gasteiger partial charge in [0.1, 0.15) is 24.5 Å². The first kappa shape index (κ1) is 10.8. The summed E-state index contributed by atoms with van der Waals surface area (Å²) in [5, 5.41) is 3.67. The predicted octanol–water partition coefficient (Wildman–Crippen LogP) is 1.70. The molecule has 2 N–H and O–H groups in total. The molecule has 6 heteroatoms. The highest BCUT2D eigenvalue weighted by atomic mass is 16.6. The van der Waals surface area contributed by atoms with E-state index in [-0.39, 0.29) is 0 Å². The van der Waals surface area contributed by atoms with Gasteiger partial charge in [0.2, 0.25) is 0 Å². The molecule has 0 fully saturated rings. The van der Waals surface area contributed by atoms with Crippen LogP contribution in [0.25, 0.3) is 11.3 Å².